The van der Waals surface area contributed by atoms with Gasteiger partial charge in [0.15, 0.2) is 5.78 Å². The molecule has 3 rings (SSSR count). The summed E-state index contributed by atoms with van der Waals surface area (Å²) in [7, 11) is 1.35. The summed E-state index contributed by atoms with van der Waals surface area (Å²) in [5.41, 5.74) is 0.450. The van der Waals surface area contributed by atoms with Crippen molar-refractivity contribution in [2.45, 2.75) is 5.41 Å². The molecule has 0 N–H and O–H groups in total. The quantitative estimate of drug-likeness (QED) is 0.469. The molecule has 2 aromatic rings. The lowest BCUT2D eigenvalue weighted by Gasteiger charge is -2.17. The van der Waals surface area contributed by atoms with Gasteiger partial charge < -0.3 is 4.74 Å². The van der Waals surface area contributed by atoms with Crippen LogP contribution < -0.4 is 0 Å². The Kier molecular flexibility index (Phi) is 5.25. The van der Waals surface area contributed by atoms with Crippen LogP contribution in [0, 0.1) is 11.8 Å². The lowest BCUT2D eigenvalue weighted by atomic mass is 9.83. The van der Waals surface area contributed by atoms with Crippen molar-refractivity contribution in [3.63, 3.8) is 0 Å². The van der Waals surface area contributed by atoms with Gasteiger partial charge in [-0.15, -0.1) is 0 Å². The van der Waals surface area contributed by atoms with Crippen molar-refractivity contribution in [2.24, 2.45) is 11.8 Å². The maximum Gasteiger partial charge on any atom is 0.310 e. The minimum absolute atomic E-state index is 0.0720. The van der Waals surface area contributed by atoms with E-state index in [-0.39, 0.29) is 17.7 Å². The highest BCUT2D eigenvalue weighted by Gasteiger charge is 2.72. The summed E-state index contributed by atoms with van der Waals surface area (Å²) >= 11 is 6.71. The predicted molar refractivity (Wildman–Crippen MR) is 104 cm³/mol. The number of halogens is 2. The molecule has 1 aliphatic rings. The Labute approximate surface area is 163 Å². The van der Waals surface area contributed by atoms with Crippen LogP contribution in [0.4, 0.5) is 0 Å². The van der Waals surface area contributed by atoms with Crippen molar-refractivity contribution < 1.29 is 14.3 Å². The first kappa shape index (κ1) is 18.1. The number of hydrogen-bond donors (Lipinski definition) is 0. The SMILES string of the molecule is COC(=O)C1C(C=C(Br)Br)C1(C(=O)c1ccccc1)c1ccccc1. The van der Waals surface area contributed by atoms with Gasteiger partial charge in [0.25, 0.3) is 0 Å². The number of ether oxygens (including phenoxy) is 1. The number of allylic oxidation sites excluding steroid dienone is 1. The molecule has 0 radical (unpaired) electrons. The molecular formula is C20H16Br2O3. The van der Waals surface area contributed by atoms with Crippen LogP contribution in [0.15, 0.2) is 70.1 Å². The molecule has 1 fully saturated rings. The first-order chi connectivity index (χ1) is 12.0. The van der Waals surface area contributed by atoms with E-state index < -0.39 is 11.3 Å². The monoisotopic (exact) mass is 462 g/mol. The van der Waals surface area contributed by atoms with E-state index >= 15 is 0 Å². The highest BCUT2D eigenvalue weighted by Crippen LogP contribution is 2.63. The maximum atomic E-state index is 13.5. The first-order valence-corrected chi connectivity index (χ1v) is 9.38. The largest absolute Gasteiger partial charge is 0.469 e. The van der Waals surface area contributed by atoms with Crippen LogP contribution in [0.25, 0.3) is 0 Å². The second-order valence-corrected chi connectivity index (χ2v) is 8.69. The van der Waals surface area contributed by atoms with Gasteiger partial charge in [0.1, 0.15) is 0 Å². The van der Waals surface area contributed by atoms with E-state index in [9.17, 15) is 9.59 Å². The van der Waals surface area contributed by atoms with Gasteiger partial charge in [-0.1, -0.05) is 66.7 Å². The Bertz CT molecular complexity index is 813. The van der Waals surface area contributed by atoms with Crippen LogP contribution in [-0.4, -0.2) is 18.9 Å². The van der Waals surface area contributed by atoms with Crippen molar-refractivity contribution in [3.8, 4) is 0 Å². The molecule has 3 unspecified atom stereocenters. The minimum atomic E-state index is -0.956. The number of carbonyl (C=O) groups excluding carboxylic acids is 2. The van der Waals surface area contributed by atoms with E-state index in [1.807, 2.05) is 54.6 Å². The number of hydrogen-bond acceptors (Lipinski definition) is 3. The Morgan fingerprint density at radius 2 is 1.56 bits per heavy atom. The molecule has 0 heterocycles. The number of benzene rings is 2. The summed E-state index contributed by atoms with van der Waals surface area (Å²) in [5, 5.41) is 0. The molecule has 0 spiro atoms. The second-order valence-electron chi connectivity index (χ2n) is 5.91. The third-order valence-electron chi connectivity index (χ3n) is 4.69. The predicted octanol–water partition coefficient (Wildman–Crippen LogP) is 4.86. The summed E-state index contributed by atoms with van der Waals surface area (Å²) in [6.45, 7) is 0. The third kappa shape index (κ3) is 3.11. The molecule has 2 aromatic carbocycles. The molecule has 0 aliphatic heterocycles. The average molecular weight is 464 g/mol. The van der Waals surface area contributed by atoms with Crippen molar-refractivity contribution in [1.82, 2.24) is 0 Å². The number of rotatable bonds is 5. The van der Waals surface area contributed by atoms with Gasteiger partial charge in [-0.25, -0.2) is 0 Å². The zero-order valence-electron chi connectivity index (χ0n) is 13.5. The smallest absolute Gasteiger partial charge is 0.310 e. The van der Waals surface area contributed by atoms with Gasteiger partial charge >= 0.3 is 5.97 Å². The van der Waals surface area contributed by atoms with Crippen LogP contribution in [0.1, 0.15) is 15.9 Å². The fraction of sp³-hybridized carbons (Fsp3) is 0.200. The van der Waals surface area contributed by atoms with Crippen LogP contribution in [-0.2, 0) is 14.9 Å². The van der Waals surface area contributed by atoms with Gasteiger partial charge in [0.2, 0.25) is 0 Å². The van der Waals surface area contributed by atoms with Gasteiger partial charge in [-0.2, -0.15) is 0 Å². The molecule has 0 aromatic heterocycles. The van der Waals surface area contributed by atoms with Crippen LogP contribution in [0.5, 0.6) is 0 Å². The van der Waals surface area contributed by atoms with Crippen molar-refractivity contribution >= 4 is 43.6 Å². The van der Waals surface area contributed by atoms with Gasteiger partial charge in [0.05, 0.1) is 21.8 Å². The molecule has 1 aliphatic carbocycles. The van der Waals surface area contributed by atoms with Crippen LogP contribution in [0.2, 0.25) is 0 Å². The van der Waals surface area contributed by atoms with E-state index in [2.05, 4.69) is 31.9 Å². The highest BCUT2D eigenvalue weighted by atomic mass is 79.9. The molecule has 0 amide bonds. The minimum Gasteiger partial charge on any atom is -0.469 e. The number of Topliss-reactive ketones (excluding diaryl/α,β-unsaturated/α-hetero) is 1. The summed E-state index contributed by atoms with van der Waals surface area (Å²) in [6.07, 6.45) is 1.86. The van der Waals surface area contributed by atoms with E-state index in [0.29, 0.717) is 8.96 Å². The fourth-order valence-electron chi connectivity index (χ4n) is 3.58. The summed E-state index contributed by atoms with van der Waals surface area (Å²) < 4.78 is 5.70. The zero-order chi connectivity index (χ0) is 18.0. The fourth-order valence-corrected chi connectivity index (χ4v) is 4.15. The molecule has 5 heteroatoms. The second kappa shape index (κ2) is 7.26. The Hall–Kier alpha value is -1.72. The molecule has 1 saturated carbocycles. The Morgan fingerprint density at radius 1 is 1.00 bits per heavy atom. The van der Waals surface area contributed by atoms with Gasteiger partial charge in [-0.05, 0) is 37.4 Å². The molecular weight excluding hydrogens is 448 g/mol. The molecule has 128 valence electrons. The topological polar surface area (TPSA) is 43.4 Å². The first-order valence-electron chi connectivity index (χ1n) is 7.79. The number of methoxy groups -OCH3 is 1. The Balaban J connectivity index is 2.18. The normalized spacial score (nSPS) is 24.3. The lowest BCUT2D eigenvalue weighted by molar-refractivity contribution is -0.142. The van der Waals surface area contributed by atoms with E-state index in [1.165, 1.54) is 7.11 Å². The standard InChI is InChI=1S/C20H16Br2O3/c1-25-19(24)17-15(12-16(21)22)20(17,14-10-6-3-7-11-14)18(23)13-8-4-2-5-9-13/h2-12,15,17H,1H3. The Morgan fingerprint density at radius 3 is 2.08 bits per heavy atom. The third-order valence-corrected chi connectivity index (χ3v) is 5.22. The van der Waals surface area contributed by atoms with Crippen LogP contribution in [0.3, 0.4) is 0 Å². The van der Waals surface area contributed by atoms with Crippen molar-refractivity contribution in [1.29, 1.82) is 0 Å². The molecule has 3 atom stereocenters. The van der Waals surface area contributed by atoms with E-state index in [0.717, 1.165) is 5.56 Å². The highest BCUT2D eigenvalue weighted by molar-refractivity contribution is 9.28. The van der Waals surface area contributed by atoms with Crippen molar-refractivity contribution in [2.75, 3.05) is 7.11 Å². The zero-order valence-corrected chi connectivity index (χ0v) is 16.7. The van der Waals surface area contributed by atoms with E-state index in [4.69, 9.17) is 4.74 Å². The average Bonchev–Trinajstić information content (AvgIpc) is 3.30. The summed E-state index contributed by atoms with van der Waals surface area (Å²) in [4.78, 5) is 25.9. The van der Waals surface area contributed by atoms with Crippen LogP contribution >= 0.6 is 31.9 Å². The number of ketones is 1. The molecule has 0 bridgehead atoms. The lowest BCUT2D eigenvalue weighted by Crippen LogP contribution is -2.27. The van der Waals surface area contributed by atoms with E-state index in [1.54, 1.807) is 12.1 Å². The molecule has 25 heavy (non-hydrogen) atoms. The summed E-state index contributed by atoms with van der Waals surface area (Å²) in [5.74, 6) is -1.30. The van der Waals surface area contributed by atoms with Crippen molar-refractivity contribution in [3.05, 3.63) is 81.3 Å². The summed E-state index contributed by atoms with van der Waals surface area (Å²) in [6, 6.07) is 18.5. The molecule has 0 saturated heterocycles. The van der Waals surface area contributed by atoms with Gasteiger partial charge in [0, 0.05) is 11.5 Å². The number of carbonyl (C=O) groups is 2. The maximum absolute atomic E-state index is 13.5. The van der Waals surface area contributed by atoms with Gasteiger partial charge in [-0.3, -0.25) is 9.59 Å². The number of esters is 1. The molecule has 3 nitrogen and oxygen atoms in total.